The van der Waals surface area contributed by atoms with Crippen molar-refractivity contribution in [1.82, 2.24) is 9.78 Å². The van der Waals surface area contributed by atoms with E-state index in [0.29, 0.717) is 16.3 Å². The number of nitro benzene ring substituents is 1. The van der Waals surface area contributed by atoms with Crippen molar-refractivity contribution in [2.24, 2.45) is 0 Å². The van der Waals surface area contributed by atoms with Gasteiger partial charge in [0.15, 0.2) is 0 Å². The summed E-state index contributed by atoms with van der Waals surface area (Å²) in [7, 11) is 0. The molecule has 0 spiro atoms. The summed E-state index contributed by atoms with van der Waals surface area (Å²) in [6, 6.07) is 9.90. The summed E-state index contributed by atoms with van der Waals surface area (Å²) in [6.07, 6.45) is 0.431. The van der Waals surface area contributed by atoms with Crippen LogP contribution in [0.3, 0.4) is 0 Å². The molecule has 0 atom stereocenters. The maximum absolute atomic E-state index is 13.2. The second-order valence-corrected chi connectivity index (χ2v) is 7.60. The van der Waals surface area contributed by atoms with Gasteiger partial charge in [0.2, 0.25) is 11.7 Å². The van der Waals surface area contributed by atoms with Gasteiger partial charge in [0.25, 0.3) is 5.69 Å². The molecule has 0 aliphatic rings. The van der Waals surface area contributed by atoms with Crippen LogP contribution in [0.5, 0.6) is 5.88 Å². The first-order valence-electron chi connectivity index (χ1n) is 9.47. The largest absolute Gasteiger partial charge is 0.515 e. The van der Waals surface area contributed by atoms with Crippen LogP contribution < -0.4 is 4.74 Å². The van der Waals surface area contributed by atoms with Crippen LogP contribution in [0.1, 0.15) is 27.2 Å². The van der Waals surface area contributed by atoms with Gasteiger partial charge in [-0.05, 0) is 42.8 Å². The Hall–Kier alpha value is -3.69. The fourth-order valence-electron chi connectivity index (χ4n) is 2.94. The highest BCUT2D eigenvalue weighted by atomic mass is 35.5. The van der Waals surface area contributed by atoms with Crippen LogP contribution in [0.2, 0.25) is 10.0 Å². The second-order valence-electron chi connectivity index (χ2n) is 6.75. The van der Waals surface area contributed by atoms with E-state index in [0.717, 1.165) is 0 Å². The molecule has 3 rings (SSSR count). The highest BCUT2D eigenvalue weighted by molar-refractivity contribution is 6.37. The summed E-state index contributed by atoms with van der Waals surface area (Å²) in [5, 5.41) is 15.5. The van der Waals surface area contributed by atoms with Gasteiger partial charge in [0.05, 0.1) is 22.2 Å². The first-order valence-corrected chi connectivity index (χ1v) is 10.2. The average Bonchev–Trinajstić information content (AvgIpc) is 3.06. The maximum Gasteiger partial charge on any atom is 0.515 e. The Morgan fingerprint density at radius 3 is 2.52 bits per heavy atom. The summed E-state index contributed by atoms with van der Waals surface area (Å²) in [4.78, 5) is 35.8. The second kappa shape index (κ2) is 10.3. The van der Waals surface area contributed by atoms with Gasteiger partial charge in [-0.25, -0.2) is 9.48 Å². The van der Waals surface area contributed by atoms with Crippen molar-refractivity contribution in [2.45, 2.75) is 20.1 Å². The molecular weight excluding hydrogens is 473 g/mol. The third kappa shape index (κ3) is 5.57. The first kappa shape index (κ1) is 24.0. The van der Waals surface area contributed by atoms with Crippen LogP contribution in [0.25, 0.3) is 0 Å². The molecule has 11 heteroatoms. The molecule has 0 aliphatic heterocycles. The van der Waals surface area contributed by atoms with Gasteiger partial charge in [0, 0.05) is 22.7 Å². The van der Waals surface area contributed by atoms with Crippen LogP contribution in [0, 0.1) is 17.0 Å². The summed E-state index contributed by atoms with van der Waals surface area (Å²) in [5.41, 5.74) is 0.928. The van der Waals surface area contributed by atoms with E-state index in [2.05, 4.69) is 11.7 Å². The minimum atomic E-state index is -1.09. The molecular formula is C22H17Cl2N3O6. The maximum atomic E-state index is 13.2. The van der Waals surface area contributed by atoms with Gasteiger partial charge in [0.1, 0.15) is 12.2 Å². The quantitative estimate of drug-likeness (QED) is 0.134. The minimum absolute atomic E-state index is 0.0355. The number of non-ortho nitro benzene ring substituents is 1. The molecule has 0 saturated carbocycles. The topological polar surface area (TPSA) is 114 Å². The van der Waals surface area contributed by atoms with Gasteiger partial charge in [-0.2, -0.15) is 5.10 Å². The number of ketones is 1. The lowest BCUT2D eigenvalue weighted by atomic mass is 10.0. The molecule has 0 aliphatic carbocycles. The number of carbonyl (C=O) groups excluding carboxylic acids is 2. The lowest BCUT2D eigenvalue weighted by Crippen LogP contribution is -2.16. The molecule has 2 aromatic carbocycles. The average molecular weight is 490 g/mol. The number of rotatable bonds is 8. The monoisotopic (exact) mass is 489 g/mol. The van der Waals surface area contributed by atoms with Gasteiger partial charge in [-0.3, -0.25) is 14.9 Å². The zero-order valence-electron chi connectivity index (χ0n) is 17.3. The highest BCUT2D eigenvalue weighted by Gasteiger charge is 2.27. The van der Waals surface area contributed by atoms with Gasteiger partial charge in [-0.15, -0.1) is 6.58 Å². The Labute approximate surface area is 198 Å². The standard InChI is InChI=1S/C22H17Cl2N3O6/c1-3-10-26-21(33-22(29)32-12-14-4-7-16(8-5-14)27(30)31)19(13(2)25-26)20(28)17-9-6-15(23)11-18(17)24/h3-9,11H,1,10,12H2,2H3. The summed E-state index contributed by atoms with van der Waals surface area (Å²) in [5.74, 6) is -0.639. The van der Waals surface area contributed by atoms with E-state index in [1.165, 1.54) is 53.2 Å². The number of carbonyl (C=O) groups is 2. The molecule has 0 amide bonds. The van der Waals surface area contributed by atoms with Crippen molar-refractivity contribution in [2.75, 3.05) is 0 Å². The molecule has 3 aromatic rings. The molecule has 9 nitrogen and oxygen atoms in total. The van der Waals surface area contributed by atoms with E-state index in [1.807, 2.05) is 0 Å². The van der Waals surface area contributed by atoms with Crippen LogP contribution in [-0.2, 0) is 17.9 Å². The normalized spacial score (nSPS) is 10.5. The van der Waals surface area contributed by atoms with Crippen molar-refractivity contribution in [1.29, 1.82) is 0 Å². The molecule has 170 valence electrons. The number of halogens is 2. The molecule has 1 aromatic heterocycles. The van der Waals surface area contributed by atoms with Crippen LogP contribution in [0.4, 0.5) is 10.5 Å². The molecule has 0 bridgehead atoms. The Morgan fingerprint density at radius 1 is 1.21 bits per heavy atom. The SMILES string of the molecule is C=CCn1nc(C)c(C(=O)c2ccc(Cl)cc2Cl)c1OC(=O)OCc1ccc([N+](=O)[O-])cc1. The Bertz CT molecular complexity index is 1240. The number of nitrogens with zero attached hydrogens (tertiary/aromatic N) is 3. The van der Waals surface area contributed by atoms with Crippen molar-refractivity contribution in [3.05, 3.63) is 97.7 Å². The minimum Gasteiger partial charge on any atom is -0.429 e. The third-order valence-corrected chi connectivity index (χ3v) is 5.02. The van der Waals surface area contributed by atoms with Crippen LogP contribution in [0.15, 0.2) is 55.1 Å². The predicted octanol–water partition coefficient (Wildman–Crippen LogP) is 5.54. The molecule has 0 unspecified atom stereocenters. The van der Waals surface area contributed by atoms with E-state index in [4.69, 9.17) is 32.7 Å². The number of aryl methyl sites for hydroxylation is 1. The zero-order chi connectivity index (χ0) is 24.1. The first-order chi connectivity index (χ1) is 15.7. The zero-order valence-corrected chi connectivity index (χ0v) is 18.8. The smallest absolute Gasteiger partial charge is 0.429 e. The van der Waals surface area contributed by atoms with Gasteiger partial charge < -0.3 is 9.47 Å². The van der Waals surface area contributed by atoms with E-state index < -0.39 is 16.9 Å². The van der Waals surface area contributed by atoms with E-state index in [-0.39, 0.29) is 40.9 Å². The van der Waals surface area contributed by atoms with Crippen molar-refractivity contribution in [3.8, 4) is 5.88 Å². The van der Waals surface area contributed by atoms with Gasteiger partial charge in [-0.1, -0.05) is 29.3 Å². The summed E-state index contributed by atoms with van der Waals surface area (Å²) < 4.78 is 11.7. The van der Waals surface area contributed by atoms with E-state index in [1.54, 1.807) is 6.92 Å². The van der Waals surface area contributed by atoms with E-state index in [9.17, 15) is 19.7 Å². The number of aromatic nitrogens is 2. The van der Waals surface area contributed by atoms with E-state index >= 15 is 0 Å². The Balaban J connectivity index is 1.83. The van der Waals surface area contributed by atoms with Crippen LogP contribution in [-0.4, -0.2) is 26.6 Å². The molecule has 1 heterocycles. The molecule has 0 N–H and O–H groups in total. The molecule has 0 saturated heterocycles. The fourth-order valence-corrected chi connectivity index (χ4v) is 3.44. The lowest BCUT2D eigenvalue weighted by molar-refractivity contribution is -0.384. The number of ether oxygens (including phenoxy) is 2. The number of hydrogen-bond acceptors (Lipinski definition) is 7. The Morgan fingerprint density at radius 2 is 1.91 bits per heavy atom. The fraction of sp³-hybridized carbons (Fsp3) is 0.136. The number of hydrogen-bond donors (Lipinski definition) is 0. The van der Waals surface area contributed by atoms with Crippen LogP contribution >= 0.6 is 23.2 Å². The highest BCUT2D eigenvalue weighted by Crippen LogP contribution is 2.30. The molecule has 0 fully saturated rings. The summed E-state index contributed by atoms with van der Waals surface area (Å²) >= 11 is 12.1. The Kier molecular flexibility index (Phi) is 7.47. The molecule has 0 radical (unpaired) electrons. The molecule has 33 heavy (non-hydrogen) atoms. The third-order valence-electron chi connectivity index (χ3n) is 4.47. The van der Waals surface area contributed by atoms with Crippen molar-refractivity contribution < 1.29 is 24.0 Å². The number of allylic oxidation sites excluding steroid dienone is 1. The number of benzene rings is 2. The van der Waals surface area contributed by atoms with Crippen molar-refractivity contribution in [3.63, 3.8) is 0 Å². The van der Waals surface area contributed by atoms with Gasteiger partial charge >= 0.3 is 6.16 Å². The number of nitro groups is 1. The lowest BCUT2D eigenvalue weighted by Gasteiger charge is -2.10. The summed E-state index contributed by atoms with van der Waals surface area (Å²) in [6.45, 7) is 5.19. The predicted molar refractivity (Wildman–Crippen MR) is 121 cm³/mol. The van der Waals surface area contributed by atoms with Crippen molar-refractivity contribution >= 4 is 40.8 Å².